The van der Waals surface area contributed by atoms with E-state index >= 15 is 0 Å². The first-order valence-electron chi connectivity index (χ1n) is 10.3. The van der Waals surface area contributed by atoms with Gasteiger partial charge in [-0.05, 0) is 73.0 Å². The Kier molecular flexibility index (Phi) is 7.44. The molecule has 0 atom stereocenters. The second kappa shape index (κ2) is 9.93. The van der Waals surface area contributed by atoms with Crippen molar-refractivity contribution in [2.45, 2.75) is 27.7 Å². The molecule has 0 aliphatic carbocycles. The van der Waals surface area contributed by atoms with Crippen LogP contribution < -0.4 is 9.73 Å². The van der Waals surface area contributed by atoms with Crippen molar-refractivity contribution in [1.29, 1.82) is 0 Å². The summed E-state index contributed by atoms with van der Waals surface area (Å²) in [6.07, 6.45) is 2.66. The lowest BCUT2D eigenvalue weighted by molar-refractivity contribution is -0.119. The molecular formula is C24H27BrN4O3S. The van der Waals surface area contributed by atoms with Gasteiger partial charge in [0, 0.05) is 21.4 Å². The van der Waals surface area contributed by atoms with E-state index in [-0.39, 0.29) is 6.54 Å². The third-order valence-electron chi connectivity index (χ3n) is 5.33. The number of hydrazone groups is 1. The van der Waals surface area contributed by atoms with Crippen LogP contribution in [0.3, 0.4) is 0 Å². The molecule has 0 aliphatic heterocycles. The number of rotatable bonds is 7. The summed E-state index contributed by atoms with van der Waals surface area (Å²) in [7, 11) is -3.67. The monoisotopic (exact) mass is 530 g/mol. The molecule has 0 unspecified atom stereocenters. The Morgan fingerprint density at radius 2 is 1.73 bits per heavy atom. The molecule has 0 bridgehead atoms. The van der Waals surface area contributed by atoms with E-state index in [0.717, 1.165) is 48.8 Å². The number of sulfonamides is 1. The van der Waals surface area contributed by atoms with Gasteiger partial charge in [-0.15, -0.1) is 0 Å². The van der Waals surface area contributed by atoms with Gasteiger partial charge in [-0.3, -0.25) is 9.10 Å². The second-order valence-electron chi connectivity index (χ2n) is 7.92. The number of hydrogen-bond donors (Lipinski definition) is 1. The average molecular weight is 531 g/mol. The highest BCUT2D eigenvalue weighted by Gasteiger charge is 2.23. The van der Waals surface area contributed by atoms with E-state index < -0.39 is 15.9 Å². The maximum atomic E-state index is 12.6. The lowest BCUT2D eigenvalue weighted by Crippen LogP contribution is -2.39. The van der Waals surface area contributed by atoms with Crippen LogP contribution in [-0.2, 0) is 14.8 Å². The number of aromatic nitrogens is 1. The van der Waals surface area contributed by atoms with Gasteiger partial charge in [-0.2, -0.15) is 5.10 Å². The van der Waals surface area contributed by atoms with Crippen molar-refractivity contribution in [3.8, 4) is 5.69 Å². The van der Waals surface area contributed by atoms with Gasteiger partial charge < -0.3 is 4.57 Å². The molecular weight excluding hydrogens is 504 g/mol. The van der Waals surface area contributed by atoms with Gasteiger partial charge in [0.1, 0.15) is 6.54 Å². The summed E-state index contributed by atoms with van der Waals surface area (Å²) < 4.78 is 29.0. The van der Waals surface area contributed by atoms with Crippen molar-refractivity contribution in [3.63, 3.8) is 0 Å². The maximum absolute atomic E-state index is 12.6. The third kappa shape index (κ3) is 5.54. The molecule has 0 fully saturated rings. The summed E-state index contributed by atoms with van der Waals surface area (Å²) in [4.78, 5) is 12.6. The number of benzene rings is 2. The van der Waals surface area contributed by atoms with Gasteiger partial charge in [-0.25, -0.2) is 13.8 Å². The lowest BCUT2D eigenvalue weighted by Gasteiger charge is -2.25. The minimum Gasteiger partial charge on any atom is -0.317 e. The summed E-state index contributed by atoms with van der Waals surface area (Å²) in [6.45, 7) is 7.24. The van der Waals surface area contributed by atoms with Crippen molar-refractivity contribution in [2.24, 2.45) is 5.10 Å². The predicted molar refractivity (Wildman–Crippen MR) is 137 cm³/mol. The van der Waals surface area contributed by atoms with E-state index in [1.165, 1.54) is 0 Å². The SMILES string of the molecule is Cc1cccc(C)c1N(CC(=O)N/N=C\c1cc(C)n(-c2ccccc2Br)c1C)S(C)(=O)=O. The topological polar surface area (TPSA) is 83.8 Å². The normalized spacial score (nSPS) is 11.7. The van der Waals surface area contributed by atoms with Crippen molar-refractivity contribution >= 4 is 43.8 Å². The smallest absolute Gasteiger partial charge is 0.260 e. The Hall–Kier alpha value is -2.91. The molecule has 0 spiro atoms. The van der Waals surface area contributed by atoms with Crippen LogP contribution >= 0.6 is 15.9 Å². The number of amides is 1. The number of carbonyl (C=O) groups is 1. The van der Waals surface area contributed by atoms with E-state index in [4.69, 9.17) is 0 Å². The summed E-state index contributed by atoms with van der Waals surface area (Å²) in [6, 6.07) is 15.4. The number of para-hydroxylation sites is 2. The first-order chi connectivity index (χ1) is 15.5. The van der Waals surface area contributed by atoms with Crippen LogP contribution in [0, 0.1) is 27.7 Å². The predicted octanol–water partition coefficient (Wildman–Crippen LogP) is 4.39. The van der Waals surface area contributed by atoms with Gasteiger partial charge in [0.15, 0.2) is 0 Å². The molecule has 3 rings (SSSR count). The number of nitrogens with one attached hydrogen (secondary N) is 1. The highest BCUT2D eigenvalue weighted by Crippen LogP contribution is 2.27. The molecule has 2 aromatic carbocycles. The van der Waals surface area contributed by atoms with Crippen molar-refractivity contribution in [2.75, 3.05) is 17.1 Å². The number of anilines is 1. The highest BCUT2D eigenvalue weighted by molar-refractivity contribution is 9.10. The van der Waals surface area contributed by atoms with Crippen LogP contribution in [-0.4, -0.2) is 37.9 Å². The molecule has 33 heavy (non-hydrogen) atoms. The summed E-state index contributed by atoms with van der Waals surface area (Å²) in [5.74, 6) is -0.529. The Bertz CT molecular complexity index is 1310. The number of halogens is 1. The fraction of sp³-hybridized carbons (Fsp3) is 0.250. The molecule has 3 aromatic rings. The van der Waals surface area contributed by atoms with Crippen LogP contribution in [0.4, 0.5) is 5.69 Å². The van der Waals surface area contributed by atoms with Crippen LogP contribution in [0.1, 0.15) is 28.1 Å². The quantitative estimate of drug-likeness (QED) is 0.363. The number of carbonyl (C=O) groups excluding carboxylic acids is 1. The molecule has 174 valence electrons. The zero-order chi connectivity index (χ0) is 24.3. The van der Waals surface area contributed by atoms with E-state index in [0.29, 0.717) is 5.69 Å². The molecule has 1 N–H and O–H groups in total. The Balaban J connectivity index is 1.79. The average Bonchev–Trinajstić information content (AvgIpc) is 3.00. The summed E-state index contributed by atoms with van der Waals surface area (Å²) >= 11 is 3.59. The van der Waals surface area contributed by atoms with Crippen molar-refractivity contribution < 1.29 is 13.2 Å². The largest absolute Gasteiger partial charge is 0.317 e. The van der Waals surface area contributed by atoms with Gasteiger partial charge in [0.05, 0.1) is 23.8 Å². The fourth-order valence-electron chi connectivity index (χ4n) is 3.82. The zero-order valence-corrected chi connectivity index (χ0v) is 21.7. The van der Waals surface area contributed by atoms with Crippen LogP contribution in [0.2, 0.25) is 0 Å². The second-order valence-corrected chi connectivity index (χ2v) is 10.7. The molecule has 0 aliphatic rings. The van der Waals surface area contributed by atoms with Gasteiger partial charge in [0.25, 0.3) is 5.91 Å². The molecule has 0 saturated carbocycles. The van der Waals surface area contributed by atoms with Crippen LogP contribution in [0.5, 0.6) is 0 Å². The fourth-order valence-corrected chi connectivity index (χ4v) is 5.26. The number of nitrogens with zero attached hydrogens (tertiary/aromatic N) is 3. The summed E-state index contributed by atoms with van der Waals surface area (Å²) in [5, 5.41) is 4.08. The minimum atomic E-state index is -3.67. The molecule has 7 nitrogen and oxygen atoms in total. The first-order valence-corrected chi connectivity index (χ1v) is 12.9. The Morgan fingerprint density at radius 3 is 2.33 bits per heavy atom. The molecule has 1 amide bonds. The molecule has 0 radical (unpaired) electrons. The molecule has 0 saturated heterocycles. The van der Waals surface area contributed by atoms with E-state index in [2.05, 4.69) is 31.0 Å². The van der Waals surface area contributed by atoms with Crippen LogP contribution in [0.25, 0.3) is 5.69 Å². The van der Waals surface area contributed by atoms with Crippen molar-refractivity contribution in [1.82, 2.24) is 9.99 Å². The van der Waals surface area contributed by atoms with Crippen molar-refractivity contribution in [3.05, 3.63) is 81.1 Å². The molecule has 1 aromatic heterocycles. The Morgan fingerprint density at radius 1 is 1.09 bits per heavy atom. The minimum absolute atomic E-state index is 0.363. The molecule has 9 heteroatoms. The summed E-state index contributed by atoms with van der Waals surface area (Å²) in [5.41, 5.74) is 8.35. The van der Waals surface area contributed by atoms with E-state index in [9.17, 15) is 13.2 Å². The standard InChI is InChI=1S/C24H27BrN4O3S/c1-16-9-8-10-17(2)24(16)28(33(5,31)32)15-23(30)27-26-14-20-13-18(3)29(19(20)4)22-12-7-6-11-21(22)25/h6-14H,15H2,1-5H3,(H,27,30)/b26-14-. The lowest BCUT2D eigenvalue weighted by atomic mass is 10.1. The van der Waals surface area contributed by atoms with Gasteiger partial charge >= 0.3 is 0 Å². The Labute approximate surface area is 203 Å². The maximum Gasteiger partial charge on any atom is 0.260 e. The zero-order valence-electron chi connectivity index (χ0n) is 19.3. The number of aryl methyl sites for hydroxylation is 3. The van der Waals surface area contributed by atoms with Crippen LogP contribution in [0.15, 0.2) is 58.1 Å². The highest BCUT2D eigenvalue weighted by atomic mass is 79.9. The molecule has 1 heterocycles. The van der Waals surface area contributed by atoms with E-state index in [1.807, 2.05) is 76.2 Å². The first kappa shape index (κ1) is 24.7. The van der Waals surface area contributed by atoms with Gasteiger partial charge in [0.2, 0.25) is 10.0 Å². The van der Waals surface area contributed by atoms with Gasteiger partial charge in [-0.1, -0.05) is 30.3 Å². The number of hydrogen-bond acceptors (Lipinski definition) is 4. The van der Waals surface area contributed by atoms with E-state index in [1.54, 1.807) is 6.21 Å². The third-order valence-corrected chi connectivity index (χ3v) is 7.12.